The summed E-state index contributed by atoms with van der Waals surface area (Å²) in [4.78, 5) is 27.7. The third-order valence-corrected chi connectivity index (χ3v) is 5.36. The van der Waals surface area contributed by atoms with Crippen molar-refractivity contribution in [3.8, 4) is 0 Å². The van der Waals surface area contributed by atoms with Crippen molar-refractivity contribution in [2.75, 3.05) is 5.32 Å². The summed E-state index contributed by atoms with van der Waals surface area (Å²) in [6.45, 7) is 4.35. The van der Waals surface area contributed by atoms with Crippen molar-refractivity contribution in [2.24, 2.45) is 0 Å². The molecule has 0 atom stereocenters. The third-order valence-electron chi connectivity index (χ3n) is 5.10. The van der Waals surface area contributed by atoms with Crippen molar-refractivity contribution in [1.82, 2.24) is 9.55 Å². The van der Waals surface area contributed by atoms with E-state index < -0.39 is 17.1 Å². The van der Waals surface area contributed by atoms with Gasteiger partial charge in [0.25, 0.3) is 5.56 Å². The monoisotopic (exact) mass is 437 g/mol. The number of aromatic carboxylic acids is 1. The van der Waals surface area contributed by atoms with E-state index in [0.717, 1.165) is 34.3 Å². The minimum absolute atomic E-state index is 0.237. The predicted molar refractivity (Wildman–Crippen MR) is 120 cm³/mol. The lowest BCUT2D eigenvalue weighted by atomic mass is 10.1. The number of carbonyl (C=O) groups is 1. The van der Waals surface area contributed by atoms with Crippen molar-refractivity contribution in [1.29, 1.82) is 0 Å². The molecule has 0 saturated heterocycles. The number of hydrogen-bond acceptors (Lipinski definition) is 5. The number of carboxylic acid groups (broad SMARTS) is 1. The fraction of sp³-hybridized carbons (Fsp3) is 0.174. The van der Waals surface area contributed by atoms with Crippen molar-refractivity contribution >= 4 is 40.2 Å². The van der Waals surface area contributed by atoms with E-state index in [1.165, 1.54) is 6.20 Å². The molecule has 2 heterocycles. The lowest BCUT2D eigenvalue weighted by Gasteiger charge is -2.15. The molecular weight excluding hydrogens is 418 g/mol. The Kier molecular flexibility index (Phi) is 5.52. The Hall–Kier alpha value is -3.58. The Morgan fingerprint density at radius 3 is 2.65 bits per heavy atom. The summed E-state index contributed by atoms with van der Waals surface area (Å²) >= 11 is 5.96. The van der Waals surface area contributed by atoms with Crippen LogP contribution in [0.25, 0.3) is 11.0 Å². The van der Waals surface area contributed by atoms with Crippen LogP contribution in [0.5, 0.6) is 0 Å². The highest BCUT2D eigenvalue weighted by atomic mass is 35.5. The fourth-order valence-electron chi connectivity index (χ4n) is 3.46. The van der Waals surface area contributed by atoms with Gasteiger partial charge in [-0.05, 0) is 48.4 Å². The highest BCUT2D eigenvalue weighted by Gasteiger charge is 2.16. The number of rotatable bonds is 6. The topological polar surface area (TPSA) is 97.4 Å². The molecular formula is C23H20ClN3O4. The summed E-state index contributed by atoms with van der Waals surface area (Å²) in [7, 11) is 0. The van der Waals surface area contributed by atoms with E-state index in [4.69, 9.17) is 16.0 Å². The Morgan fingerprint density at radius 2 is 1.97 bits per heavy atom. The van der Waals surface area contributed by atoms with Crippen LogP contribution in [-0.2, 0) is 13.0 Å². The second-order valence-electron chi connectivity index (χ2n) is 7.18. The van der Waals surface area contributed by atoms with Gasteiger partial charge < -0.3 is 19.4 Å². The zero-order valence-corrected chi connectivity index (χ0v) is 17.7. The summed E-state index contributed by atoms with van der Waals surface area (Å²) in [6.07, 6.45) is 2.09. The molecule has 8 heteroatoms. The lowest BCUT2D eigenvalue weighted by molar-refractivity contribution is 0.0694. The molecule has 0 aliphatic carbocycles. The van der Waals surface area contributed by atoms with Gasteiger partial charge in [0.2, 0.25) is 5.95 Å². The fourth-order valence-corrected chi connectivity index (χ4v) is 3.59. The van der Waals surface area contributed by atoms with Crippen LogP contribution >= 0.6 is 11.6 Å². The minimum atomic E-state index is -1.32. The maximum Gasteiger partial charge on any atom is 0.342 e. The van der Waals surface area contributed by atoms with Crippen LogP contribution in [0.1, 0.15) is 34.2 Å². The molecule has 31 heavy (non-hydrogen) atoms. The van der Waals surface area contributed by atoms with Gasteiger partial charge in [-0.2, -0.15) is 4.98 Å². The number of nitrogens with zero attached hydrogens (tertiary/aromatic N) is 2. The van der Waals surface area contributed by atoms with E-state index >= 15 is 0 Å². The molecule has 0 aliphatic rings. The molecule has 2 aromatic carbocycles. The van der Waals surface area contributed by atoms with Gasteiger partial charge in [-0.1, -0.05) is 30.7 Å². The maximum atomic E-state index is 12.3. The zero-order chi connectivity index (χ0) is 22.1. The highest BCUT2D eigenvalue weighted by molar-refractivity contribution is 6.30. The molecule has 0 bridgehead atoms. The van der Waals surface area contributed by atoms with Crippen LogP contribution < -0.4 is 10.9 Å². The van der Waals surface area contributed by atoms with Crippen LogP contribution in [0.15, 0.2) is 57.9 Å². The first-order valence-electron chi connectivity index (χ1n) is 9.74. The molecule has 158 valence electrons. The van der Waals surface area contributed by atoms with Crippen LogP contribution in [-0.4, -0.2) is 20.6 Å². The summed E-state index contributed by atoms with van der Waals surface area (Å²) in [5, 5.41) is 14.1. The molecule has 2 N–H and O–H groups in total. The van der Waals surface area contributed by atoms with Crippen molar-refractivity contribution < 1.29 is 14.3 Å². The summed E-state index contributed by atoms with van der Waals surface area (Å²) in [5.41, 5.74) is 2.23. The summed E-state index contributed by atoms with van der Waals surface area (Å²) < 4.78 is 7.45. The van der Waals surface area contributed by atoms with Crippen LogP contribution in [0.3, 0.4) is 0 Å². The second kappa shape index (κ2) is 8.28. The van der Waals surface area contributed by atoms with E-state index in [9.17, 15) is 14.7 Å². The number of hydrogen-bond donors (Lipinski definition) is 2. The highest BCUT2D eigenvalue weighted by Crippen LogP contribution is 2.29. The van der Waals surface area contributed by atoms with Crippen LogP contribution in [0.4, 0.5) is 11.6 Å². The summed E-state index contributed by atoms with van der Waals surface area (Å²) in [6, 6.07) is 12.8. The molecule has 2 aromatic heterocycles. The SMILES string of the molecule is CCc1oc2ccc(Nc3nc(=O)c(C(=O)O)cn3Cc3ccc(Cl)cc3)cc2c1C. The Bertz CT molecular complexity index is 1340. The van der Waals surface area contributed by atoms with E-state index in [2.05, 4.69) is 10.3 Å². The molecule has 4 rings (SSSR count). The number of fused-ring (bicyclic) bond motifs is 1. The first-order chi connectivity index (χ1) is 14.9. The van der Waals surface area contributed by atoms with Gasteiger partial charge in [0, 0.05) is 28.7 Å². The van der Waals surface area contributed by atoms with Crippen LogP contribution in [0.2, 0.25) is 5.02 Å². The van der Waals surface area contributed by atoms with Gasteiger partial charge >= 0.3 is 5.97 Å². The molecule has 0 radical (unpaired) electrons. The Balaban J connectivity index is 1.76. The number of aromatic nitrogens is 2. The number of nitrogens with one attached hydrogen (secondary N) is 1. The first kappa shape index (κ1) is 20.7. The van der Waals surface area contributed by atoms with Gasteiger partial charge in [-0.3, -0.25) is 4.79 Å². The first-order valence-corrected chi connectivity index (χ1v) is 10.1. The van der Waals surface area contributed by atoms with Crippen LogP contribution in [0, 0.1) is 6.92 Å². The minimum Gasteiger partial charge on any atom is -0.477 e. The largest absolute Gasteiger partial charge is 0.477 e. The standard InChI is InChI=1S/C23H20ClN3O4/c1-3-19-13(2)17-10-16(8-9-20(17)31-19)25-23-26-21(28)18(22(29)30)12-27(23)11-14-4-6-15(24)7-5-14/h4-10,12H,3,11H2,1-2H3,(H,29,30)(H,25,26,28). The van der Waals surface area contributed by atoms with Crippen molar-refractivity contribution in [2.45, 2.75) is 26.8 Å². The van der Waals surface area contributed by atoms with E-state index in [1.54, 1.807) is 16.7 Å². The third kappa shape index (κ3) is 4.18. The second-order valence-corrected chi connectivity index (χ2v) is 7.62. The van der Waals surface area contributed by atoms with Gasteiger partial charge in [-0.15, -0.1) is 0 Å². The number of halogens is 1. The maximum absolute atomic E-state index is 12.3. The van der Waals surface area contributed by atoms with Crippen molar-refractivity contribution in [3.63, 3.8) is 0 Å². The number of carboxylic acids is 1. The Labute approximate surface area is 182 Å². The average Bonchev–Trinajstić information content (AvgIpc) is 3.06. The molecule has 0 unspecified atom stereocenters. The van der Waals surface area contributed by atoms with Crippen molar-refractivity contribution in [3.05, 3.63) is 86.5 Å². The van der Waals surface area contributed by atoms with E-state index in [-0.39, 0.29) is 5.95 Å². The summed E-state index contributed by atoms with van der Waals surface area (Å²) in [5.74, 6) is -0.159. The molecule has 0 fully saturated rings. The molecule has 0 spiro atoms. The number of aryl methyl sites for hydroxylation is 2. The van der Waals surface area contributed by atoms with E-state index in [0.29, 0.717) is 17.3 Å². The Morgan fingerprint density at radius 1 is 1.23 bits per heavy atom. The van der Waals surface area contributed by atoms with Gasteiger partial charge in [0.1, 0.15) is 16.9 Å². The molecule has 0 amide bonds. The van der Waals surface area contributed by atoms with E-state index in [1.807, 2.05) is 44.2 Å². The molecule has 4 aromatic rings. The van der Waals surface area contributed by atoms with Gasteiger partial charge in [0.15, 0.2) is 0 Å². The number of benzene rings is 2. The number of anilines is 2. The zero-order valence-electron chi connectivity index (χ0n) is 17.0. The molecule has 7 nitrogen and oxygen atoms in total. The predicted octanol–water partition coefficient (Wildman–Crippen LogP) is 5.00. The quantitative estimate of drug-likeness (QED) is 0.440. The van der Waals surface area contributed by atoms with Gasteiger partial charge in [-0.25, -0.2) is 4.79 Å². The lowest BCUT2D eigenvalue weighted by Crippen LogP contribution is -2.23. The number of furan rings is 1. The average molecular weight is 438 g/mol. The molecule has 0 saturated carbocycles. The molecule has 0 aliphatic heterocycles. The normalized spacial score (nSPS) is 11.1. The smallest absolute Gasteiger partial charge is 0.342 e. The van der Waals surface area contributed by atoms with Gasteiger partial charge in [0.05, 0.1) is 6.54 Å².